The van der Waals surface area contributed by atoms with E-state index in [1.54, 1.807) is 0 Å². The Hall–Kier alpha value is 0.310. The Bertz CT molecular complexity index is 128. The van der Waals surface area contributed by atoms with Crippen LogP contribution in [-0.4, -0.2) is 24.6 Å². The van der Waals surface area contributed by atoms with E-state index >= 15 is 0 Å². The van der Waals surface area contributed by atoms with Gasteiger partial charge in [-0.25, -0.2) is 0 Å². The molecule has 98 valence electrons. The Morgan fingerprint density at radius 1 is 1.00 bits per heavy atom. The first-order chi connectivity index (χ1) is 7.85. The van der Waals surface area contributed by atoms with Crippen LogP contribution in [0.25, 0.3) is 0 Å². The third kappa shape index (κ3) is 10.8. The van der Waals surface area contributed by atoms with Crippen molar-refractivity contribution in [1.29, 1.82) is 0 Å². The highest BCUT2D eigenvalue weighted by Crippen LogP contribution is 2.06. The lowest BCUT2D eigenvalue weighted by atomic mass is 10.1. The van der Waals surface area contributed by atoms with Gasteiger partial charge in [-0.2, -0.15) is 11.8 Å². The molecule has 0 radical (unpaired) electrons. The Morgan fingerprint density at radius 2 is 1.75 bits per heavy atom. The number of thioether (sulfide) groups is 1. The van der Waals surface area contributed by atoms with Crippen molar-refractivity contribution in [2.24, 2.45) is 0 Å². The molecule has 2 heteroatoms. The highest BCUT2D eigenvalue weighted by Gasteiger charge is 2.03. The van der Waals surface area contributed by atoms with Gasteiger partial charge in [0.1, 0.15) is 0 Å². The summed E-state index contributed by atoms with van der Waals surface area (Å²) in [6.45, 7) is 5.80. The van der Waals surface area contributed by atoms with Crippen LogP contribution in [0.4, 0.5) is 0 Å². The Balaban J connectivity index is 3.20. The second-order valence-corrected chi connectivity index (χ2v) is 5.59. The average molecular weight is 245 g/mol. The lowest BCUT2D eigenvalue weighted by molar-refractivity contribution is 0.443. The van der Waals surface area contributed by atoms with Crippen LogP contribution < -0.4 is 5.32 Å². The number of rotatable bonds is 12. The van der Waals surface area contributed by atoms with Crippen molar-refractivity contribution in [1.82, 2.24) is 5.32 Å². The molecule has 0 bridgehead atoms. The molecule has 0 heterocycles. The van der Waals surface area contributed by atoms with Crippen LogP contribution in [0.2, 0.25) is 0 Å². The van der Waals surface area contributed by atoms with Crippen LogP contribution in [-0.2, 0) is 0 Å². The molecule has 0 rings (SSSR count). The summed E-state index contributed by atoms with van der Waals surface area (Å²) < 4.78 is 0. The molecule has 1 unspecified atom stereocenters. The summed E-state index contributed by atoms with van der Waals surface area (Å²) in [6, 6.07) is 0.770. The van der Waals surface area contributed by atoms with Crippen LogP contribution in [0.1, 0.15) is 65.2 Å². The molecule has 1 nitrogen and oxygen atoms in total. The zero-order valence-electron chi connectivity index (χ0n) is 11.6. The minimum Gasteiger partial charge on any atom is -0.314 e. The van der Waals surface area contributed by atoms with Crippen LogP contribution in [0.5, 0.6) is 0 Å². The second kappa shape index (κ2) is 13.4. The van der Waals surface area contributed by atoms with Crippen molar-refractivity contribution in [3.63, 3.8) is 0 Å². The molecule has 0 aromatic rings. The van der Waals surface area contributed by atoms with Crippen molar-refractivity contribution >= 4 is 11.8 Å². The van der Waals surface area contributed by atoms with E-state index < -0.39 is 0 Å². The van der Waals surface area contributed by atoms with E-state index in [1.165, 1.54) is 63.7 Å². The van der Waals surface area contributed by atoms with Crippen LogP contribution in [0.3, 0.4) is 0 Å². The Labute approximate surface area is 107 Å². The van der Waals surface area contributed by atoms with Crippen LogP contribution >= 0.6 is 11.8 Å². The molecule has 0 aliphatic carbocycles. The summed E-state index contributed by atoms with van der Waals surface area (Å²) >= 11 is 1.97. The molecule has 16 heavy (non-hydrogen) atoms. The molecule has 0 amide bonds. The maximum Gasteiger partial charge on any atom is 0.00644 e. The van der Waals surface area contributed by atoms with Crippen molar-refractivity contribution in [3.8, 4) is 0 Å². The smallest absolute Gasteiger partial charge is 0.00644 e. The molecule has 0 spiro atoms. The van der Waals surface area contributed by atoms with Crippen molar-refractivity contribution < 1.29 is 0 Å². The van der Waals surface area contributed by atoms with Gasteiger partial charge in [0.25, 0.3) is 0 Å². The van der Waals surface area contributed by atoms with Crippen molar-refractivity contribution in [2.75, 3.05) is 18.6 Å². The summed E-state index contributed by atoms with van der Waals surface area (Å²) in [7, 11) is 0. The SMILES string of the molecule is CCCCC(CC)NCCCCCCSC. The number of hydrogen-bond donors (Lipinski definition) is 1. The molecule has 0 aromatic heterocycles. The molecule has 0 saturated heterocycles. The van der Waals surface area contributed by atoms with Gasteiger partial charge in [0, 0.05) is 6.04 Å². The maximum atomic E-state index is 3.69. The quantitative estimate of drug-likeness (QED) is 0.509. The van der Waals surface area contributed by atoms with Gasteiger partial charge in [0.05, 0.1) is 0 Å². The number of unbranched alkanes of at least 4 members (excludes halogenated alkanes) is 4. The van der Waals surface area contributed by atoms with E-state index in [0.717, 1.165) is 6.04 Å². The molecule has 0 aliphatic heterocycles. The zero-order chi connectivity index (χ0) is 12.1. The van der Waals surface area contributed by atoms with Gasteiger partial charge in [-0.15, -0.1) is 0 Å². The third-order valence-corrected chi connectivity index (χ3v) is 3.80. The average Bonchev–Trinajstić information content (AvgIpc) is 2.32. The number of hydrogen-bond acceptors (Lipinski definition) is 2. The van der Waals surface area contributed by atoms with Crippen LogP contribution in [0.15, 0.2) is 0 Å². The van der Waals surface area contributed by atoms with Gasteiger partial charge in [-0.1, -0.05) is 39.5 Å². The summed E-state index contributed by atoms with van der Waals surface area (Å²) in [5, 5.41) is 3.69. The standard InChI is InChI=1S/C14H31NS/c1-4-6-11-14(5-2)15-12-9-7-8-10-13-16-3/h14-15H,4-13H2,1-3H3. The first kappa shape index (κ1) is 16.3. The third-order valence-electron chi connectivity index (χ3n) is 3.11. The largest absolute Gasteiger partial charge is 0.314 e. The van der Waals surface area contributed by atoms with E-state index in [-0.39, 0.29) is 0 Å². The topological polar surface area (TPSA) is 12.0 Å². The predicted molar refractivity (Wildman–Crippen MR) is 78.5 cm³/mol. The molecule has 1 N–H and O–H groups in total. The first-order valence-electron chi connectivity index (χ1n) is 7.07. The zero-order valence-corrected chi connectivity index (χ0v) is 12.4. The van der Waals surface area contributed by atoms with E-state index in [1.807, 2.05) is 11.8 Å². The fourth-order valence-corrected chi connectivity index (χ4v) is 2.42. The highest BCUT2D eigenvalue weighted by molar-refractivity contribution is 7.98. The predicted octanol–water partition coefficient (Wildman–Crippen LogP) is 4.47. The molecule has 0 fully saturated rings. The van der Waals surface area contributed by atoms with Gasteiger partial charge in [-0.3, -0.25) is 0 Å². The Kier molecular flexibility index (Phi) is 13.6. The van der Waals surface area contributed by atoms with E-state index in [4.69, 9.17) is 0 Å². The molecule has 0 saturated carbocycles. The van der Waals surface area contributed by atoms with Crippen LogP contribution in [0, 0.1) is 0 Å². The van der Waals surface area contributed by atoms with E-state index in [2.05, 4.69) is 25.4 Å². The first-order valence-corrected chi connectivity index (χ1v) is 8.46. The van der Waals surface area contributed by atoms with Crippen molar-refractivity contribution in [3.05, 3.63) is 0 Å². The van der Waals surface area contributed by atoms with Gasteiger partial charge in [-0.05, 0) is 44.2 Å². The Morgan fingerprint density at radius 3 is 2.38 bits per heavy atom. The minimum absolute atomic E-state index is 0.770. The number of nitrogens with one attached hydrogen (secondary N) is 1. The lowest BCUT2D eigenvalue weighted by Crippen LogP contribution is -2.29. The molecule has 1 atom stereocenters. The monoisotopic (exact) mass is 245 g/mol. The van der Waals surface area contributed by atoms with E-state index in [9.17, 15) is 0 Å². The van der Waals surface area contributed by atoms with Gasteiger partial charge < -0.3 is 5.32 Å². The summed E-state index contributed by atoms with van der Waals surface area (Å²) in [5.41, 5.74) is 0. The molecule has 0 aromatic carbocycles. The van der Waals surface area contributed by atoms with E-state index in [0.29, 0.717) is 0 Å². The maximum absolute atomic E-state index is 3.69. The van der Waals surface area contributed by atoms with Gasteiger partial charge in [0.15, 0.2) is 0 Å². The highest BCUT2D eigenvalue weighted by atomic mass is 32.2. The molecular formula is C14H31NS. The minimum atomic E-state index is 0.770. The molecular weight excluding hydrogens is 214 g/mol. The normalized spacial score (nSPS) is 12.9. The lowest BCUT2D eigenvalue weighted by Gasteiger charge is -2.16. The van der Waals surface area contributed by atoms with Crippen molar-refractivity contribution in [2.45, 2.75) is 71.3 Å². The summed E-state index contributed by atoms with van der Waals surface area (Å²) in [4.78, 5) is 0. The molecule has 0 aliphatic rings. The fraction of sp³-hybridized carbons (Fsp3) is 1.00. The summed E-state index contributed by atoms with van der Waals surface area (Å²) in [6.07, 6.45) is 13.1. The fourth-order valence-electron chi connectivity index (χ4n) is 1.93. The van der Waals surface area contributed by atoms with Gasteiger partial charge in [0.2, 0.25) is 0 Å². The summed E-state index contributed by atoms with van der Waals surface area (Å²) in [5.74, 6) is 1.33. The van der Waals surface area contributed by atoms with Gasteiger partial charge >= 0.3 is 0 Å². The second-order valence-electron chi connectivity index (χ2n) is 4.61.